The van der Waals surface area contributed by atoms with Gasteiger partial charge in [0.25, 0.3) is 0 Å². The first-order valence-electron chi connectivity index (χ1n) is 3.27. The van der Waals surface area contributed by atoms with Crippen LogP contribution in [0, 0.1) is 0 Å². The Morgan fingerprint density at radius 3 is 2.70 bits per heavy atom. The van der Waals surface area contributed by atoms with Crippen molar-refractivity contribution in [1.29, 1.82) is 0 Å². The van der Waals surface area contributed by atoms with Gasteiger partial charge in [0, 0.05) is 26.0 Å². The number of halogens is 1. The lowest BCUT2D eigenvalue weighted by atomic mass is 10.6. The molecule has 0 aliphatic rings. The fourth-order valence-electron chi connectivity index (χ4n) is 0.515. The largest absolute Gasteiger partial charge is 0.338 e. The zero-order valence-corrected chi connectivity index (χ0v) is 7.11. The number of alkyl halides is 1. The topological polar surface area (TPSA) is 32.3 Å². The lowest BCUT2D eigenvalue weighted by Crippen LogP contribution is -2.37. The third kappa shape index (κ3) is 3.56. The minimum Gasteiger partial charge on any atom is -0.338 e. The van der Waals surface area contributed by atoms with Gasteiger partial charge in [-0.25, -0.2) is 4.79 Å². The zero-order valence-electron chi connectivity index (χ0n) is 6.35. The Morgan fingerprint density at radius 2 is 2.30 bits per heavy atom. The summed E-state index contributed by atoms with van der Waals surface area (Å²) in [6, 6.07) is -0.0665. The molecule has 0 saturated carbocycles. The summed E-state index contributed by atoms with van der Waals surface area (Å²) in [6.45, 7) is 3.13. The highest BCUT2D eigenvalue weighted by Gasteiger charge is 2.03. The summed E-state index contributed by atoms with van der Waals surface area (Å²) < 4.78 is 0. The molecule has 0 aromatic carbocycles. The summed E-state index contributed by atoms with van der Waals surface area (Å²) in [5, 5.41) is 2.66. The quantitative estimate of drug-likeness (QED) is 0.618. The molecule has 0 atom stereocenters. The van der Waals surface area contributed by atoms with Gasteiger partial charge < -0.3 is 10.2 Å². The molecule has 0 heterocycles. The molecule has 0 rings (SSSR count). The number of hydrogen-bond acceptors (Lipinski definition) is 1. The van der Waals surface area contributed by atoms with E-state index < -0.39 is 0 Å². The van der Waals surface area contributed by atoms with Crippen molar-refractivity contribution < 1.29 is 4.79 Å². The Kier molecular flexibility index (Phi) is 5.12. The average Bonchev–Trinajstić information content (AvgIpc) is 1.89. The Hall–Kier alpha value is -0.440. The van der Waals surface area contributed by atoms with Crippen molar-refractivity contribution in [3.8, 4) is 0 Å². The Bertz CT molecular complexity index is 108. The van der Waals surface area contributed by atoms with Gasteiger partial charge in [-0.1, -0.05) is 0 Å². The maximum Gasteiger partial charge on any atom is 0.317 e. The minimum absolute atomic E-state index is 0.0665. The van der Waals surface area contributed by atoms with Gasteiger partial charge in [0.1, 0.15) is 0 Å². The highest BCUT2D eigenvalue weighted by atomic mass is 35.5. The molecule has 0 radical (unpaired) electrons. The first kappa shape index (κ1) is 9.56. The highest BCUT2D eigenvalue weighted by Crippen LogP contribution is 1.84. The number of rotatable bonds is 3. The van der Waals surface area contributed by atoms with Crippen LogP contribution in [0.25, 0.3) is 0 Å². The monoisotopic (exact) mass is 164 g/mol. The van der Waals surface area contributed by atoms with Crippen molar-refractivity contribution in [1.82, 2.24) is 10.2 Å². The predicted molar refractivity (Wildman–Crippen MR) is 42.4 cm³/mol. The lowest BCUT2D eigenvalue weighted by Gasteiger charge is -2.14. The van der Waals surface area contributed by atoms with E-state index in [-0.39, 0.29) is 6.03 Å². The molecule has 60 valence electrons. The molecular weight excluding hydrogens is 152 g/mol. The summed E-state index contributed by atoms with van der Waals surface area (Å²) in [4.78, 5) is 12.4. The van der Waals surface area contributed by atoms with Crippen molar-refractivity contribution in [3.63, 3.8) is 0 Å². The number of nitrogens with zero attached hydrogens (tertiary/aromatic N) is 1. The van der Waals surface area contributed by atoms with Crippen molar-refractivity contribution in [2.75, 3.05) is 26.0 Å². The fraction of sp³-hybridized carbons (Fsp3) is 0.833. The average molecular weight is 165 g/mol. The number of urea groups is 1. The lowest BCUT2D eigenvalue weighted by molar-refractivity contribution is 0.212. The summed E-state index contributed by atoms with van der Waals surface area (Å²) in [6.07, 6.45) is 0. The fourth-order valence-corrected chi connectivity index (χ4v) is 0.768. The zero-order chi connectivity index (χ0) is 7.98. The molecule has 0 bridgehead atoms. The number of carbonyl (C=O) groups is 1. The first-order chi connectivity index (χ1) is 4.72. The van der Waals surface area contributed by atoms with Crippen LogP contribution in [0.15, 0.2) is 0 Å². The minimum atomic E-state index is -0.0665. The Morgan fingerprint density at radius 1 is 1.70 bits per heavy atom. The van der Waals surface area contributed by atoms with Crippen LogP contribution in [-0.2, 0) is 0 Å². The van der Waals surface area contributed by atoms with E-state index in [1.54, 1.807) is 11.9 Å². The van der Waals surface area contributed by atoms with Gasteiger partial charge in [-0.05, 0) is 6.92 Å². The molecule has 3 nitrogen and oxygen atoms in total. The van der Waals surface area contributed by atoms with Crippen molar-refractivity contribution in [2.45, 2.75) is 6.92 Å². The molecule has 0 aliphatic carbocycles. The maximum absolute atomic E-state index is 10.9. The van der Waals surface area contributed by atoms with Crippen LogP contribution in [0.3, 0.4) is 0 Å². The van der Waals surface area contributed by atoms with Crippen molar-refractivity contribution in [2.24, 2.45) is 0 Å². The number of nitrogens with one attached hydrogen (secondary N) is 1. The van der Waals surface area contributed by atoms with Gasteiger partial charge in [0.15, 0.2) is 0 Å². The van der Waals surface area contributed by atoms with Crippen LogP contribution < -0.4 is 5.32 Å². The predicted octanol–water partition coefficient (Wildman–Crippen LogP) is 0.887. The summed E-state index contributed by atoms with van der Waals surface area (Å²) in [5.74, 6) is 0.480. The van der Waals surface area contributed by atoms with Gasteiger partial charge in [-0.3, -0.25) is 0 Å². The van der Waals surface area contributed by atoms with E-state index in [1.807, 2.05) is 6.92 Å². The van der Waals surface area contributed by atoms with Crippen molar-refractivity contribution >= 4 is 17.6 Å². The van der Waals surface area contributed by atoms with Crippen LogP contribution >= 0.6 is 11.6 Å². The second kappa shape index (κ2) is 5.35. The van der Waals surface area contributed by atoms with Crippen LogP contribution in [0.5, 0.6) is 0 Å². The van der Waals surface area contributed by atoms with Crippen LogP contribution in [0.1, 0.15) is 6.92 Å². The Balaban J connectivity index is 3.49. The van der Waals surface area contributed by atoms with Gasteiger partial charge in [-0.15, -0.1) is 11.6 Å². The molecule has 2 amide bonds. The van der Waals surface area contributed by atoms with E-state index in [0.29, 0.717) is 19.0 Å². The smallest absolute Gasteiger partial charge is 0.317 e. The highest BCUT2D eigenvalue weighted by molar-refractivity contribution is 6.18. The van der Waals surface area contributed by atoms with Gasteiger partial charge in [-0.2, -0.15) is 0 Å². The molecule has 0 aromatic rings. The SMILES string of the molecule is CCNC(=O)N(C)CCCl. The van der Waals surface area contributed by atoms with E-state index in [2.05, 4.69) is 5.32 Å². The number of carbonyl (C=O) groups excluding carboxylic acids is 1. The first-order valence-corrected chi connectivity index (χ1v) is 3.80. The van der Waals surface area contributed by atoms with Gasteiger partial charge in [0.2, 0.25) is 0 Å². The molecule has 4 heteroatoms. The standard InChI is InChI=1S/C6H13ClN2O/c1-3-8-6(10)9(2)5-4-7/h3-5H2,1-2H3,(H,8,10). The third-order valence-electron chi connectivity index (χ3n) is 1.09. The van der Waals surface area contributed by atoms with Gasteiger partial charge >= 0.3 is 6.03 Å². The molecule has 10 heavy (non-hydrogen) atoms. The van der Waals surface area contributed by atoms with E-state index in [0.717, 1.165) is 0 Å². The normalized spacial score (nSPS) is 9.10. The molecule has 0 saturated heterocycles. The molecule has 0 aromatic heterocycles. The molecule has 0 fully saturated rings. The van der Waals surface area contributed by atoms with Crippen LogP contribution in [0.4, 0.5) is 4.79 Å². The summed E-state index contributed by atoms with van der Waals surface area (Å²) in [7, 11) is 1.72. The van der Waals surface area contributed by atoms with Crippen molar-refractivity contribution in [3.05, 3.63) is 0 Å². The molecule has 0 unspecified atom stereocenters. The maximum atomic E-state index is 10.9. The van der Waals surface area contributed by atoms with E-state index in [1.165, 1.54) is 0 Å². The van der Waals surface area contributed by atoms with E-state index in [4.69, 9.17) is 11.6 Å². The number of hydrogen-bond donors (Lipinski definition) is 1. The summed E-state index contributed by atoms with van der Waals surface area (Å²) >= 11 is 5.42. The second-order valence-corrected chi connectivity index (χ2v) is 2.32. The summed E-state index contributed by atoms with van der Waals surface area (Å²) in [5.41, 5.74) is 0. The van der Waals surface area contributed by atoms with E-state index in [9.17, 15) is 4.79 Å². The molecular formula is C6H13ClN2O. The molecule has 0 spiro atoms. The van der Waals surface area contributed by atoms with Crippen LogP contribution in [0.2, 0.25) is 0 Å². The second-order valence-electron chi connectivity index (χ2n) is 1.95. The Labute approximate surface area is 66.3 Å². The molecule has 1 N–H and O–H groups in total. The third-order valence-corrected chi connectivity index (χ3v) is 1.26. The molecule has 0 aliphatic heterocycles. The number of amides is 2. The van der Waals surface area contributed by atoms with Gasteiger partial charge in [0.05, 0.1) is 0 Å². The van der Waals surface area contributed by atoms with Crippen LogP contribution in [-0.4, -0.2) is 36.9 Å². The van der Waals surface area contributed by atoms with E-state index >= 15 is 0 Å².